The van der Waals surface area contributed by atoms with Crippen LogP contribution in [0.4, 0.5) is 5.82 Å². The Morgan fingerprint density at radius 2 is 2.33 bits per heavy atom. The number of hydrogen-bond acceptors (Lipinski definition) is 3. The fraction of sp³-hybridized carbons (Fsp3) is 0.200. The van der Waals surface area contributed by atoms with Crippen molar-refractivity contribution in [2.45, 2.75) is 0 Å². The number of nitrogens with zero attached hydrogens (tertiary/aromatic N) is 3. The fourth-order valence-electron chi connectivity index (χ4n) is 1.90. The third-order valence-corrected chi connectivity index (χ3v) is 2.60. The summed E-state index contributed by atoms with van der Waals surface area (Å²) in [5.74, 6) is 0.806. The summed E-state index contributed by atoms with van der Waals surface area (Å²) in [5, 5.41) is 4.16. The SMILES string of the molecule is CNc1nc2[nH]ccc2c2c1ncn2C. The molecule has 0 saturated heterocycles. The summed E-state index contributed by atoms with van der Waals surface area (Å²) in [4.78, 5) is 11.9. The van der Waals surface area contributed by atoms with Crippen LogP contribution < -0.4 is 5.32 Å². The summed E-state index contributed by atoms with van der Waals surface area (Å²) in [6.07, 6.45) is 3.70. The standard InChI is InChI=1S/C10H11N5/c1-11-10-7-8(15(2)5-13-7)6-3-4-12-9(6)14-10/h3-5H,1-2H3,(H2,11,12,14). The van der Waals surface area contributed by atoms with Crippen molar-refractivity contribution in [2.75, 3.05) is 12.4 Å². The summed E-state index contributed by atoms with van der Waals surface area (Å²) in [6.45, 7) is 0. The minimum absolute atomic E-state index is 0.806. The van der Waals surface area contributed by atoms with Crippen LogP contribution in [0, 0.1) is 0 Å². The van der Waals surface area contributed by atoms with Crippen molar-refractivity contribution in [3.05, 3.63) is 18.6 Å². The summed E-state index contributed by atoms with van der Waals surface area (Å²) in [7, 11) is 3.84. The van der Waals surface area contributed by atoms with Gasteiger partial charge in [-0.1, -0.05) is 0 Å². The molecule has 0 fully saturated rings. The van der Waals surface area contributed by atoms with Crippen LogP contribution in [-0.2, 0) is 7.05 Å². The van der Waals surface area contributed by atoms with E-state index in [1.54, 1.807) is 6.33 Å². The predicted molar refractivity (Wildman–Crippen MR) is 59.9 cm³/mol. The highest BCUT2D eigenvalue weighted by molar-refractivity contribution is 6.05. The van der Waals surface area contributed by atoms with Gasteiger partial charge in [0.15, 0.2) is 5.82 Å². The van der Waals surface area contributed by atoms with Gasteiger partial charge >= 0.3 is 0 Å². The lowest BCUT2D eigenvalue weighted by Gasteiger charge is -2.02. The Hall–Kier alpha value is -2.04. The van der Waals surface area contributed by atoms with Gasteiger partial charge in [-0.3, -0.25) is 0 Å². The van der Waals surface area contributed by atoms with E-state index in [9.17, 15) is 0 Å². The van der Waals surface area contributed by atoms with Crippen LogP contribution >= 0.6 is 0 Å². The predicted octanol–water partition coefficient (Wildman–Crippen LogP) is 1.49. The Morgan fingerprint density at radius 1 is 1.47 bits per heavy atom. The lowest BCUT2D eigenvalue weighted by molar-refractivity contribution is 0.951. The minimum Gasteiger partial charge on any atom is -0.371 e. The lowest BCUT2D eigenvalue weighted by Crippen LogP contribution is -1.95. The zero-order valence-electron chi connectivity index (χ0n) is 8.57. The van der Waals surface area contributed by atoms with Crippen LogP contribution in [0.25, 0.3) is 22.1 Å². The maximum Gasteiger partial charge on any atom is 0.156 e. The number of aromatic nitrogens is 4. The first-order chi connectivity index (χ1) is 7.31. The molecule has 3 aromatic heterocycles. The van der Waals surface area contributed by atoms with Crippen LogP contribution in [0.3, 0.4) is 0 Å². The highest BCUT2D eigenvalue weighted by Gasteiger charge is 2.11. The number of hydrogen-bond donors (Lipinski definition) is 2. The van der Waals surface area contributed by atoms with Crippen molar-refractivity contribution in [1.82, 2.24) is 19.5 Å². The van der Waals surface area contributed by atoms with Gasteiger partial charge in [-0.25, -0.2) is 9.97 Å². The maximum absolute atomic E-state index is 4.45. The number of anilines is 1. The molecule has 0 aliphatic rings. The van der Waals surface area contributed by atoms with Crippen LogP contribution in [0.15, 0.2) is 18.6 Å². The van der Waals surface area contributed by atoms with Gasteiger partial charge < -0.3 is 14.9 Å². The normalized spacial score (nSPS) is 11.3. The number of rotatable bonds is 1. The second-order valence-electron chi connectivity index (χ2n) is 3.50. The quantitative estimate of drug-likeness (QED) is 0.627. The molecule has 3 rings (SSSR count). The first-order valence-corrected chi connectivity index (χ1v) is 4.77. The molecule has 2 N–H and O–H groups in total. The molecule has 5 nitrogen and oxygen atoms in total. The first kappa shape index (κ1) is 8.28. The smallest absolute Gasteiger partial charge is 0.156 e. The molecule has 3 heterocycles. The molecule has 0 spiro atoms. The largest absolute Gasteiger partial charge is 0.371 e. The highest BCUT2D eigenvalue weighted by atomic mass is 15.1. The van der Waals surface area contributed by atoms with E-state index >= 15 is 0 Å². The second-order valence-corrected chi connectivity index (χ2v) is 3.50. The van der Waals surface area contributed by atoms with E-state index in [-0.39, 0.29) is 0 Å². The Balaban J connectivity index is 2.61. The number of aromatic amines is 1. The topological polar surface area (TPSA) is 58.5 Å². The molecule has 0 saturated carbocycles. The molecule has 0 atom stereocenters. The molecule has 0 bridgehead atoms. The number of aryl methyl sites for hydroxylation is 1. The summed E-state index contributed by atoms with van der Waals surface area (Å²) < 4.78 is 2.01. The zero-order valence-corrected chi connectivity index (χ0v) is 8.57. The van der Waals surface area contributed by atoms with Crippen molar-refractivity contribution in [1.29, 1.82) is 0 Å². The molecule has 0 unspecified atom stereocenters. The van der Waals surface area contributed by atoms with Crippen LogP contribution in [0.5, 0.6) is 0 Å². The summed E-state index contributed by atoms with van der Waals surface area (Å²) >= 11 is 0. The summed E-state index contributed by atoms with van der Waals surface area (Å²) in [5.41, 5.74) is 2.90. The van der Waals surface area contributed by atoms with Crippen molar-refractivity contribution < 1.29 is 0 Å². The van der Waals surface area contributed by atoms with E-state index in [4.69, 9.17) is 0 Å². The van der Waals surface area contributed by atoms with Crippen LogP contribution in [-0.4, -0.2) is 26.6 Å². The zero-order chi connectivity index (χ0) is 10.4. The number of fused-ring (bicyclic) bond motifs is 3. The highest BCUT2D eigenvalue weighted by Crippen LogP contribution is 2.26. The Labute approximate surface area is 86.1 Å². The van der Waals surface area contributed by atoms with Gasteiger partial charge in [0, 0.05) is 25.7 Å². The van der Waals surface area contributed by atoms with Crippen molar-refractivity contribution >= 4 is 27.9 Å². The Morgan fingerprint density at radius 3 is 3.13 bits per heavy atom. The number of imidazole rings is 1. The molecular weight excluding hydrogens is 190 g/mol. The third-order valence-electron chi connectivity index (χ3n) is 2.60. The molecule has 5 heteroatoms. The first-order valence-electron chi connectivity index (χ1n) is 4.77. The number of nitrogens with one attached hydrogen (secondary N) is 2. The molecule has 0 aliphatic carbocycles. The minimum atomic E-state index is 0.806. The fourth-order valence-corrected chi connectivity index (χ4v) is 1.90. The van der Waals surface area contributed by atoms with Crippen molar-refractivity contribution in [2.24, 2.45) is 7.05 Å². The van der Waals surface area contributed by atoms with Gasteiger partial charge in [0.25, 0.3) is 0 Å². The average Bonchev–Trinajstić information content (AvgIpc) is 2.83. The second kappa shape index (κ2) is 2.73. The average molecular weight is 201 g/mol. The maximum atomic E-state index is 4.45. The van der Waals surface area contributed by atoms with Crippen molar-refractivity contribution in [3.8, 4) is 0 Å². The van der Waals surface area contributed by atoms with Gasteiger partial charge in [-0.15, -0.1) is 0 Å². The van der Waals surface area contributed by atoms with E-state index in [1.165, 1.54) is 0 Å². The summed E-state index contributed by atoms with van der Waals surface area (Å²) in [6, 6.07) is 2.02. The van der Waals surface area contributed by atoms with E-state index in [0.29, 0.717) is 0 Å². The molecule has 3 aromatic rings. The molecule has 0 aromatic carbocycles. The van der Waals surface area contributed by atoms with Gasteiger partial charge in [0.2, 0.25) is 0 Å². The van der Waals surface area contributed by atoms with E-state index < -0.39 is 0 Å². The molecular formula is C10H11N5. The number of H-pyrrole nitrogens is 1. The molecule has 0 aliphatic heterocycles. The molecule has 76 valence electrons. The molecule has 0 radical (unpaired) electrons. The van der Waals surface area contributed by atoms with E-state index in [0.717, 1.165) is 27.9 Å². The Kier molecular flexibility index (Phi) is 1.50. The Bertz CT molecular complexity index is 634. The van der Waals surface area contributed by atoms with E-state index in [1.807, 2.05) is 30.9 Å². The van der Waals surface area contributed by atoms with Crippen molar-refractivity contribution in [3.63, 3.8) is 0 Å². The van der Waals surface area contributed by atoms with Crippen LogP contribution in [0.2, 0.25) is 0 Å². The monoisotopic (exact) mass is 201 g/mol. The number of pyridine rings is 1. The lowest BCUT2D eigenvalue weighted by atomic mass is 10.3. The van der Waals surface area contributed by atoms with Gasteiger partial charge in [-0.05, 0) is 6.07 Å². The third kappa shape index (κ3) is 0.971. The van der Waals surface area contributed by atoms with E-state index in [2.05, 4.69) is 20.3 Å². The molecule has 15 heavy (non-hydrogen) atoms. The van der Waals surface area contributed by atoms with Crippen LogP contribution in [0.1, 0.15) is 0 Å². The van der Waals surface area contributed by atoms with Gasteiger partial charge in [-0.2, -0.15) is 0 Å². The van der Waals surface area contributed by atoms with Gasteiger partial charge in [0.05, 0.1) is 11.8 Å². The van der Waals surface area contributed by atoms with Gasteiger partial charge in [0.1, 0.15) is 11.2 Å². The molecule has 0 amide bonds.